The quantitative estimate of drug-likeness (QED) is 0.566. The van der Waals surface area contributed by atoms with Gasteiger partial charge in [0.25, 0.3) is 0 Å². The van der Waals surface area contributed by atoms with E-state index in [1.54, 1.807) is 17.5 Å². The van der Waals surface area contributed by atoms with Crippen molar-refractivity contribution in [3.8, 4) is 10.8 Å². The van der Waals surface area contributed by atoms with Crippen molar-refractivity contribution in [2.45, 2.75) is 12.3 Å². The Balaban J connectivity index is 1.33. The van der Waals surface area contributed by atoms with E-state index in [1.807, 2.05) is 41.8 Å². The molecule has 128 valence electrons. The fourth-order valence-corrected chi connectivity index (χ4v) is 3.90. The number of aromatic amines is 1. The minimum atomic E-state index is 0.0562. The molecule has 1 amide bonds. The molecule has 26 heavy (non-hydrogen) atoms. The Hall–Kier alpha value is -2.99. The second-order valence-electron chi connectivity index (χ2n) is 6.50. The van der Waals surface area contributed by atoms with Crippen LogP contribution >= 0.6 is 11.3 Å². The van der Waals surface area contributed by atoms with Crippen LogP contribution in [0, 0.1) is 5.92 Å². The molecule has 1 aliphatic carbocycles. The molecule has 2 unspecified atom stereocenters. The molecule has 0 saturated heterocycles. The Labute approximate surface area is 154 Å². The second-order valence-corrected chi connectivity index (χ2v) is 7.40. The van der Waals surface area contributed by atoms with E-state index in [0.717, 1.165) is 34.0 Å². The smallest absolute Gasteiger partial charge is 0.228 e. The molecular formula is C20H16N4OS. The van der Waals surface area contributed by atoms with E-state index in [9.17, 15) is 4.79 Å². The first-order chi connectivity index (χ1) is 12.8. The van der Waals surface area contributed by atoms with Crippen molar-refractivity contribution in [3.05, 3.63) is 65.7 Å². The molecule has 0 radical (unpaired) electrons. The summed E-state index contributed by atoms with van der Waals surface area (Å²) in [5.41, 5.74) is 3.78. The first kappa shape index (κ1) is 15.3. The summed E-state index contributed by atoms with van der Waals surface area (Å²) in [4.78, 5) is 24.6. The predicted molar refractivity (Wildman–Crippen MR) is 103 cm³/mol. The number of carbonyl (C=O) groups excluding carboxylic acids is 1. The van der Waals surface area contributed by atoms with Gasteiger partial charge in [0.15, 0.2) is 10.8 Å². The zero-order valence-corrected chi connectivity index (χ0v) is 14.7. The summed E-state index contributed by atoms with van der Waals surface area (Å²) >= 11 is 1.54. The molecule has 2 aromatic carbocycles. The Morgan fingerprint density at radius 3 is 2.88 bits per heavy atom. The molecule has 4 aromatic rings. The largest absolute Gasteiger partial charge is 0.336 e. The van der Waals surface area contributed by atoms with Crippen LogP contribution in [-0.2, 0) is 4.79 Å². The van der Waals surface area contributed by atoms with Crippen molar-refractivity contribution in [1.29, 1.82) is 0 Å². The van der Waals surface area contributed by atoms with E-state index in [-0.39, 0.29) is 11.8 Å². The number of aromatic nitrogens is 3. The molecule has 0 aliphatic heterocycles. The highest BCUT2D eigenvalue weighted by Gasteiger charge is 2.43. The normalized spacial score (nSPS) is 18.8. The number of hydrogen-bond donors (Lipinski definition) is 2. The van der Waals surface area contributed by atoms with Crippen LogP contribution in [0.5, 0.6) is 0 Å². The van der Waals surface area contributed by atoms with E-state index < -0.39 is 0 Å². The molecule has 2 heterocycles. The molecule has 5 rings (SSSR count). The summed E-state index contributed by atoms with van der Waals surface area (Å²) < 4.78 is 0. The third kappa shape index (κ3) is 2.78. The highest BCUT2D eigenvalue weighted by atomic mass is 32.1. The van der Waals surface area contributed by atoms with Gasteiger partial charge in [-0.25, -0.2) is 9.97 Å². The van der Waals surface area contributed by atoms with Crippen LogP contribution in [0.4, 0.5) is 5.69 Å². The van der Waals surface area contributed by atoms with Crippen LogP contribution in [0.2, 0.25) is 0 Å². The summed E-state index contributed by atoms with van der Waals surface area (Å²) in [6, 6.07) is 16.0. The fraction of sp³-hybridized carbons (Fsp3) is 0.150. The average molecular weight is 360 g/mol. The van der Waals surface area contributed by atoms with Gasteiger partial charge in [-0.15, -0.1) is 11.3 Å². The lowest BCUT2D eigenvalue weighted by molar-refractivity contribution is -0.117. The number of imidazole rings is 1. The lowest BCUT2D eigenvalue weighted by Crippen LogP contribution is -2.14. The van der Waals surface area contributed by atoms with Gasteiger partial charge in [0.05, 0.1) is 11.0 Å². The van der Waals surface area contributed by atoms with Gasteiger partial charge in [-0.1, -0.05) is 30.3 Å². The van der Waals surface area contributed by atoms with Gasteiger partial charge >= 0.3 is 0 Å². The third-order valence-corrected chi connectivity index (χ3v) is 5.52. The van der Waals surface area contributed by atoms with Crippen molar-refractivity contribution >= 4 is 34.0 Å². The number of anilines is 1. The van der Waals surface area contributed by atoms with E-state index in [0.29, 0.717) is 5.92 Å². The van der Waals surface area contributed by atoms with Crippen molar-refractivity contribution in [2.24, 2.45) is 5.92 Å². The molecule has 0 bridgehead atoms. The van der Waals surface area contributed by atoms with E-state index in [2.05, 4.69) is 32.4 Å². The number of nitrogens with one attached hydrogen (secondary N) is 2. The van der Waals surface area contributed by atoms with Gasteiger partial charge in [-0.05, 0) is 36.1 Å². The van der Waals surface area contributed by atoms with Gasteiger partial charge in [-0.3, -0.25) is 4.79 Å². The van der Waals surface area contributed by atoms with Gasteiger partial charge in [0.1, 0.15) is 0 Å². The first-order valence-electron chi connectivity index (χ1n) is 8.53. The summed E-state index contributed by atoms with van der Waals surface area (Å²) in [6.45, 7) is 0. The molecule has 1 saturated carbocycles. The molecule has 2 N–H and O–H groups in total. The van der Waals surface area contributed by atoms with Crippen LogP contribution in [0.3, 0.4) is 0 Å². The predicted octanol–water partition coefficient (Wildman–Crippen LogP) is 4.43. The first-order valence-corrected chi connectivity index (χ1v) is 9.41. The minimum Gasteiger partial charge on any atom is -0.336 e. The van der Waals surface area contributed by atoms with Crippen LogP contribution in [0.25, 0.3) is 21.9 Å². The maximum absolute atomic E-state index is 12.5. The van der Waals surface area contributed by atoms with E-state index in [1.165, 1.54) is 5.56 Å². The van der Waals surface area contributed by atoms with Crippen molar-refractivity contribution in [1.82, 2.24) is 15.0 Å². The number of H-pyrrole nitrogens is 1. The summed E-state index contributed by atoms with van der Waals surface area (Å²) in [5, 5.41) is 5.82. The van der Waals surface area contributed by atoms with E-state index in [4.69, 9.17) is 0 Å². The second kappa shape index (κ2) is 6.07. The van der Waals surface area contributed by atoms with Crippen molar-refractivity contribution < 1.29 is 4.79 Å². The number of nitrogens with zero attached hydrogens (tertiary/aromatic N) is 2. The lowest BCUT2D eigenvalue weighted by Gasteiger charge is -2.05. The maximum Gasteiger partial charge on any atom is 0.228 e. The number of thiazole rings is 1. The summed E-state index contributed by atoms with van der Waals surface area (Å²) in [5.74, 6) is 1.23. The summed E-state index contributed by atoms with van der Waals surface area (Å²) in [6.07, 6.45) is 2.67. The molecule has 5 nitrogen and oxygen atoms in total. The Morgan fingerprint density at radius 1 is 1.19 bits per heavy atom. The highest BCUT2D eigenvalue weighted by molar-refractivity contribution is 7.13. The van der Waals surface area contributed by atoms with Crippen molar-refractivity contribution in [2.75, 3.05) is 5.32 Å². The number of rotatable bonds is 4. The lowest BCUT2D eigenvalue weighted by atomic mass is 10.1. The molecule has 6 heteroatoms. The van der Waals surface area contributed by atoms with Crippen LogP contribution in [-0.4, -0.2) is 20.9 Å². The third-order valence-electron chi connectivity index (χ3n) is 4.74. The standard InChI is InChI=1S/C20H16N4OS/c25-19(15-11-14(15)12-4-2-1-3-5-12)22-13-6-7-16-17(10-13)24-18(23-16)20-21-8-9-26-20/h1-10,14-15H,11H2,(H,22,25)(H,23,24). The van der Waals surface area contributed by atoms with Crippen LogP contribution in [0.1, 0.15) is 17.9 Å². The summed E-state index contributed by atoms with van der Waals surface area (Å²) in [7, 11) is 0. The monoisotopic (exact) mass is 360 g/mol. The van der Waals surface area contributed by atoms with Crippen molar-refractivity contribution in [3.63, 3.8) is 0 Å². The average Bonchev–Trinajstić information content (AvgIpc) is 3.08. The maximum atomic E-state index is 12.5. The van der Waals surface area contributed by atoms with Crippen LogP contribution < -0.4 is 5.32 Å². The molecule has 1 fully saturated rings. The molecular weight excluding hydrogens is 344 g/mol. The van der Waals surface area contributed by atoms with Gasteiger partial charge in [0.2, 0.25) is 5.91 Å². The Bertz CT molecular complexity index is 1070. The number of fused-ring (bicyclic) bond motifs is 1. The van der Waals surface area contributed by atoms with Gasteiger partial charge in [0, 0.05) is 23.2 Å². The number of hydrogen-bond acceptors (Lipinski definition) is 4. The molecule has 0 spiro atoms. The van der Waals surface area contributed by atoms with E-state index >= 15 is 0 Å². The molecule has 2 atom stereocenters. The van der Waals surface area contributed by atoms with Crippen LogP contribution in [0.15, 0.2) is 60.1 Å². The minimum absolute atomic E-state index is 0.0562. The zero-order valence-electron chi connectivity index (χ0n) is 13.8. The Kier molecular flexibility index (Phi) is 3.57. The van der Waals surface area contributed by atoms with Gasteiger partial charge in [-0.2, -0.15) is 0 Å². The topological polar surface area (TPSA) is 70.7 Å². The molecule has 2 aromatic heterocycles. The zero-order chi connectivity index (χ0) is 17.5. The SMILES string of the molecule is O=C(Nc1ccc2nc(-c3nccs3)[nH]c2c1)C1CC1c1ccccc1. The highest BCUT2D eigenvalue weighted by Crippen LogP contribution is 2.47. The number of benzene rings is 2. The fourth-order valence-electron chi connectivity index (χ4n) is 3.32. The number of amides is 1. The Morgan fingerprint density at radius 2 is 2.08 bits per heavy atom. The van der Waals surface area contributed by atoms with Gasteiger partial charge < -0.3 is 10.3 Å². The molecule has 1 aliphatic rings. The number of carbonyl (C=O) groups is 1.